The summed E-state index contributed by atoms with van der Waals surface area (Å²) in [4.78, 5) is 12.5. The highest BCUT2D eigenvalue weighted by Crippen LogP contribution is 2.30. The number of pyridine rings is 1. The molecule has 2 heterocycles. The van der Waals surface area contributed by atoms with Crippen molar-refractivity contribution in [2.45, 2.75) is 56.5 Å². The number of carbonyl (C=O) groups is 1. The zero-order valence-electron chi connectivity index (χ0n) is 13.9. The standard InChI is InChI=1S/C17H24N4OS/c1-11-7-6-8-14(12(11)2)18-16(22)13(3)23-17-20-19-15-9-4-5-10-21(15)17/h4-5,9-14H,6-8H2,1-3H3,(H,18,22)/t11-,12-,13-,14-/m1/s1. The molecule has 1 amide bonds. The molecule has 1 saturated carbocycles. The number of aromatic nitrogens is 3. The number of hydrogen-bond donors (Lipinski definition) is 1. The lowest BCUT2D eigenvalue weighted by molar-refractivity contribution is -0.121. The average Bonchev–Trinajstić information content (AvgIpc) is 2.95. The maximum atomic E-state index is 12.5. The summed E-state index contributed by atoms with van der Waals surface area (Å²) >= 11 is 1.46. The Hall–Kier alpha value is -1.56. The van der Waals surface area contributed by atoms with Crippen molar-refractivity contribution in [1.29, 1.82) is 0 Å². The van der Waals surface area contributed by atoms with Gasteiger partial charge in [-0.15, -0.1) is 10.2 Å². The lowest BCUT2D eigenvalue weighted by atomic mass is 9.78. The van der Waals surface area contributed by atoms with Crippen molar-refractivity contribution in [2.75, 3.05) is 0 Å². The molecule has 0 radical (unpaired) electrons. The second kappa shape index (κ2) is 6.91. The van der Waals surface area contributed by atoms with Gasteiger partial charge in [0.05, 0.1) is 5.25 Å². The molecule has 1 aliphatic rings. The molecule has 6 heteroatoms. The van der Waals surface area contributed by atoms with Crippen molar-refractivity contribution in [3.05, 3.63) is 24.4 Å². The van der Waals surface area contributed by atoms with E-state index in [1.54, 1.807) is 0 Å². The van der Waals surface area contributed by atoms with Crippen LogP contribution >= 0.6 is 11.8 Å². The largest absolute Gasteiger partial charge is 0.352 e. The minimum absolute atomic E-state index is 0.0913. The summed E-state index contributed by atoms with van der Waals surface area (Å²) in [6, 6.07) is 6.08. The fourth-order valence-corrected chi connectivity index (χ4v) is 4.04. The molecule has 5 nitrogen and oxygen atoms in total. The van der Waals surface area contributed by atoms with Gasteiger partial charge in [0.1, 0.15) is 0 Å². The van der Waals surface area contributed by atoms with Crippen LogP contribution in [0.3, 0.4) is 0 Å². The van der Waals surface area contributed by atoms with E-state index in [2.05, 4.69) is 29.4 Å². The van der Waals surface area contributed by atoms with E-state index >= 15 is 0 Å². The molecule has 2 aromatic heterocycles. The van der Waals surface area contributed by atoms with E-state index in [1.165, 1.54) is 24.6 Å². The second-order valence-electron chi connectivity index (χ2n) is 6.55. The Labute approximate surface area is 141 Å². The van der Waals surface area contributed by atoms with Crippen LogP contribution in [0.15, 0.2) is 29.6 Å². The Kier molecular flexibility index (Phi) is 4.90. The SMILES string of the molecule is C[C@@H]1[C@H](C)CCC[C@H]1NC(=O)[C@@H](C)Sc1nnc2ccccn12. The molecule has 0 aliphatic heterocycles. The number of fused-ring (bicyclic) bond motifs is 1. The van der Waals surface area contributed by atoms with E-state index in [9.17, 15) is 4.79 Å². The third kappa shape index (κ3) is 3.52. The first-order valence-electron chi connectivity index (χ1n) is 8.33. The van der Waals surface area contributed by atoms with Crippen LogP contribution in [0.4, 0.5) is 0 Å². The molecule has 1 aliphatic carbocycles. The Morgan fingerprint density at radius 1 is 1.35 bits per heavy atom. The zero-order valence-corrected chi connectivity index (χ0v) is 14.7. The monoisotopic (exact) mass is 332 g/mol. The van der Waals surface area contributed by atoms with Gasteiger partial charge in [-0.1, -0.05) is 44.5 Å². The molecule has 2 aromatic rings. The average molecular weight is 332 g/mol. The lowest BCUT2D eigenvalue weighted by Gasteiger charge is -2.35. The zero-order chi connectivity index (χ0) is 16.4. The number of nitrogens with one attached hydrogen (secondary N) is 1. The van der Waals surface area contributed by atoms with Gasteiger partial charge in [-0.05, 0) is 37.3 Å². The van der Waals surface area contributed by atoms with Crippen molar-refractivity contribution in [1.82, 2.24) is 19.9 Å². The van der Waals surface area contributed by atoms with Crippen LogP contribution in [0, 0.1) is 11.8 Å². The van der Waals surface area contributed by atoms with Gasteiger partial charge in [0.25, 0.3) is 0 Å². The Morgan fingerprint density at radius 2 is 2.17 bits per heavy atom. The number of nitrogens with zero attached hydrogens (tertiary/aromatic N) is 3. The number of thioether (sulfide) groups is 1. The highest BCUT2D eigenvalue weighted by Gasteiger charge is 2.29. The summed E-state index contributed by atoms with van der Waals surface area (Å²) in [5, 5.41) is 12.1. The topological polar surface area (TPSA) is 59.3 Å². The summed E-state index contributed by atoms with van der Waals surface area (Å²) in [6.07, 6.45) is 5.48. The Bertz CT molecular complexity index is 686. The van der Waals surface area contributed by atoms with Crippen LogP contribution in [-0.2, 0) is 4.79 Å². The van der Waals surface area contributed by atoms with E-state index < -0.39 is 0 Å². The van der Waals surface area contributed by atoms with Gasteiger partial charge in [-0.3, -0.25) is 9.20 Å². The van der Waals surface area contributed by atoms with Crippen LogP contribution < -0.4 is 5.32 Å². The summed E-state index contributed by atoms with van der Waals surface area (Å²) < 4.78 is 1.92. The molecule has 0 bridgehead atoms. The van der Waals surface area contributed by atoms with Crippen LogP contribution in [0.25, 0.3) is 5.65 Å². The summed E-state index contributed by atoms with van der Waals surface area (Å²) in [5.74, 6) is 1.31. The van der Waals surface area contributed by atoms with E-state index in [-0.39, 0.29) is 11.2 Å². The van der Waals surface area contributed by atoms with Crippen molar-refractivity contribution >= 4 is 23.3 Å². The lowest BCUT2D eigenvalue weighted by Crippen LogP contribution is -2.46. The van der Waals surface area contributed by atoms with Gasteiger partial charge in [0.15, 0.2) is 10.8 Å². The first-order valence-corrected chi connectivity index (χ1v) is 9.21. The van der Waals surface area contributed by atoms with E-state index in [4.69, 9.17) is 0 Å². The predicted molar refractivity (Wildman–Crippen MR) is 92.4 cm³/mol. The van der Waals surface area contributed by atoms with Crippen LogP contribution in [-0.4, -0.2) is 31.8 Å². The summed E-state index contributed by atoms with van der Waals surface area (Å²) in [5.41, 5.74) is 0.803. The van der Waals surface area contributed by atoms with Gasteiger partial charge >= 0.3 is 0 Å². The molecule has 1 N–H and O–H groups in total. The molecule has 1 fully saturated rings. The normalized spacial score (nSPS) is 26.1. The smallest absolute Gasteiger partial charge is 0.233 e. The Morgan fingerprint density at radius 3 is 3.00 bits per heavy atom. The maximum absolute atomic E-state index is 12.5. The molecule has 0 spiro atoms. The highest BCUT2D eigenvalue weighted by molar-refractivity contribution is 8.00. The minimum atomic E-state index is -0.188. The van der Waals surface area contributed by atoms with Gasteiger partial charge in [0.2, 0.25) is 5.91 Å². The maximum Gasteiger partial charge on any atom is 0.233 e. The van der Waals surface area contributed by atoms with Gasteiger partial charge < -0.3 is 5.32 Å². The van der Waals surface area contributed by atoms with E-state index in [0.29, 0.717) is 17.9 Å². The number of amides is 1. The second-order valence-corrected chi connectivity index (χ2v) is 7.86. The van der Waals surface area contributed by atoms with E-state index in [1.807, 2.05) is 35.7 Å². The van der Waals surface area contributed by atoms with Crippen LogP contribution in [0.5, 0.6) is 0 Å². The summed E-state index contributed by atoms with van der Waals surface area (Å²) in [6.45, 7) is 6.46. The Balaban J connectivity index is 1.63. The molecular formula is C17H24N4OS. The molecule has 4 atom stereocenters. The fourth-order valence-electron chi connectivity index (χ4n) is 3.20. The number of rotatable bonds is 4. The third-order valence-corrected chi connectivity index (χ3v) is 6.03. The third-order valence-electron chi connectivity index (χ3n) is 4.97. The van der Waals surface area contributed by atoms with Gasteiger partial charge in [0, 0.05) is 12.2 Å². The molecule has 0 saturated heterocycles. The minimum Gasteiger partial charge on any atom is -0.352 e. The number of carbonyl (C=O) groups excluding carboxylic acids is 1. The van der Waals surface area contributed by atoms with Gasteiger partial charge in [-0.25, -0.2) is 0 Å². The highest BCUT2D eigenvalue weighted by atomic mass is 32.2. The van der Waals surface area contributed by atoms with Crippen LogP contribution in [0.2, 0.25) is 0 Å². The summed E-state index contributed by atoms with van der Waals surface area (Å²) in [7, 11) is 0. The van der Waals surface area contributed by atoms with Gasteiger partial charge in [-0.2, -0.15) is 0 Å². The van der Waals surface area contributed by atoms with Crippen molar-refractivity contribution in [3.8, 4) is 0 Å². The van der Waals surface area contributed by atoms with E-state index in [0.717, 1.165) is 17.2 Å². The van der Waals surface area contributed by atoms with Crippen LogP contribution in [0.1, 0.15) is 40.0 Å². The quantitative estimate of drug-likeness (QED) is 0.874. The number of hydrogen-bond acceptors (Lipinski definition) is 4. The first kappa shape index (κ1) is 16.3. The van der Waals surface area contributed by atoms with Crippen molar-refractivity contribution < 1.29 is 4.79 Å². The fraction of sp³-hybridized carbons (Fsp3) is 0.588. The molecule has 124 valence electrons. The first-order chi connectivity index (χ1) is 11.1. The van der Waals surface area contributed by atoms with Crippen molar-refractivity contribution in [3.63, 3.8) is 0 Å². The van der Waals surface area contributed by atoms with Crippen molar-refractivity contribution in [2.24, 2.45) is 11.8 Å². The molecule has 0 unspecified atom stereocenters. The molecule has 23 heavy (non-hydrogen) atoms. The molecular weight excluding hydrogens is 308 g/mol. The molecule has 3 rings (SSSR count). The predicted octanol–water partition coefficient (Wildman–Crippen LogP) is 3.15. The molecule has 0 aromatic carbocycles.